The molecule has 0 atom stereocenters. The molecule has 28 heavy (non-hydrogen) atoms. The highest BCUT2D eigenvalue weighted by atomic mass is 35.5. The van der Waals surface area contributed by atoms with E-state index in [0.717, 1.165) is 31.2 Å². The number of hydrogen-bond acceptors (Lipinski definition) is 3. The van der Waals surface area contributed by atoms with Gasteiger partial charge in [0.2, 0.25) is 15.9 Å². The van der Waals surface area contributed by atoms with E-state index in [1.807, 2.05) is 18.2 Å². The van der Waals surface area contributed by atoms with E-state index in [2.05, 4.69) is 5.32 Å². The summed E-state index contributed by atoms with van der Waals surface area (Å²) in [5.74, 6) is -0.317. The summed E-state index contributed by atoms with van der Waals surface area (Å²) in [6.45, 7) is 1.13. The summed E-state index contributed by atoms with van der Waals surface area (Å²) in [7, 11) is -3.49. The topological polar surface area (TPSA) is 66.5 Å². The van der Waals surface area contributed by atoms with Crippen LogP contribution in [-0.2, 0) is 14.8 Å². The van der Waals surface area contributed by atoms with Crippen LogP contribution in [0, 0.1) is 0 Å². The zero-order valence-electron chi connectivity index (χ0n) is 15.5. The lowest BCUT2D eigenvalue weighted by Crippen LogP contribution is -2.31. The number of rotatable bonds is 5. The van der Waals surface area contributed by atoms with E-state index in [-0.39, 0.29) is 10.8 Å². The fourth-order valence-corrected chi connectivity index (χ4v) is 4.82. The Morgan fingerprint density at radius 1 is 0.964 bits per heavy atom. The molecule has 1 fully saturated rings. The summed E-state index contributed by atoms with van der Waals surface area (Å²) < 4.78 is 27.1. The molecule has 2 aromatic carbocycles. The molecule has 0 spiro atoms. The van der Waals surface area contributed by atoms with Crippen LogP contribution in [0.4, 0.5) is 5.69 Å². The number of anilines is 1. The first-order chi connectivity index (χ1) is 13.5. The Balaban J connectivity index is 1.65. The lowest BCUT2D eigenvalue weighted by Gasteiger charge is -2.20. The number of benzene rings is 2. The predicted octanol–water partition coefficient (Wildman–Crippen LogP) is 4.56. The fourth-order valence-electron chi connectivity index (χ4n) is 3.10. The first-order valence-electron chi connectivity index (χ1n) is 9.30. The largest absolute Gasteiger partial charge is 0.323 e. The maximum Gasteiger partial charge on any atom is 0.248 e. The summed E-state index contributed by atoms with van der Waals surface area (Å²) in [6.07, 6.45) is 6.95. The average Bonchev–Trinajstić information content (AvgIpc) is 2.98. The molecule has 2 aromatic rings. The van der Waals surface area contributed by atoms with Crippen LogP contribution in [-0.4, -0.2) is 31.7 Å². The van der Waals surface area contributed by atoms with Gasteiger partial charge in [-0.3, -0.25) is 4.79 Å². The molecule has 7 heteroatoms. The van der Waals surface area contributed by atoms with E-state index in [1.165, 1.54) is 18.2 Å². The zero-order valence-corrected chi connectivity index (χ0v) is 17.0. The van der Waals surface area contributed by atoms with Crippen LogP contribution in [0.1, 0.15) is 31.2 Å². The highest BCUT2D eigenvalue weighted by Gasteiger charge is 2.24. The lowest BCUT2D eigenvalue weighted by molar-refractivity contribution is -0.111. The molecule has 1 N–H and O–H groups in total. The van der Waals surface area contributed by atoms with Crippen molar-refractivity contribution < 1.29 is 13.2 Å². The SMILES string of the molecule is O=C(C=Cc1ccccc1Cl)Nc1ccc(S(=O)(=O)N2CCCCCC2)cc1. The van der Waals surface area contributed by atoms with Gasteiger partial charge in [-0.1, -0.05) is 42.6 Å². The standard InChI is InChI=1S/C21H23ClN2O3S/c22-20-8-4-3-7-17(20)9-14-21(25)23-18-10-12-19(13-11-18)28(26,27)24-15-5-1-2-6-16-24/h3-4,7-14H,1-2,5-6,15-16H2,(H,23,25). The summed E-state index contributed by atoms with van der Waals surface area (Å²) >= 11 is 6.06. The molecule has 0 radical (unpaired) electrons. The Kier molecular flexibility index (Phi) is 6.88. The van der Waals surface area contributed by atoms with Crippen molar-refractivity contribution in [2.75, 3.05) is 18.4 Å². The van der Waals surface area contributed by atoms with Gasteiger partial charge in [0.15, 0.2) is 0 Å². The number of nitrogens with zero attached hydrogens (tertiary/aromatic N) is 1. The van der Waals surface area contributed by atoms with Crippen LogP contribution in [0.3, 0.4) is 0 Å². The van der Waals surface area contributed by atoms with E-state index in [1.54, 1.807) is 28.6 Å². The number of nitrogens with one attached hydrogen (secondary N) is 1. The molecular weight excluding hydrogens is 396 g/mol. The second kappa shape index (κ2) is 9.37. The van der Waals surface area contributed by atoms with Crippen LogP contribution in [0.2, 0.25) is 5.02 Å². The van der Waals surface area contributed by atoms with Crippen molar-refractivity contribution in [2.24, 2.45) is 0 Å². The van der Waals surface area contributed by atoms with Crippen LogP contribution >= 0.6 is 11.6 Å². The first-order valence-corrected chi connectivity index (χ1v) is 11.1. The predicted molar refractivity (Wildman–Crippen MR) is 113 cm³/mol. The monoisotopic (exact) mass is 418 g/mol. The Bertz CT molecular complexity index is 948. The van der Waals surface area contributed by atoms with Gasteiger partial charge in [0.25, 0.3) is 0 Å². The Morgan fingerprint density at radius 3 is 2.25 bits per heavy atom. The van der Waals surface area contributed by atoms with E-state index in [0.29, 0.717) is 23.8 Å². The molecule has 1 aliphatic heterocycles. The third-order valence-corrected chi connectivity index (χ3v) is 6.90. The summed E-state index contributed by atoms with van der Waals surface area (Å²) in [5.41, 5.74) is 1.28. The molecular formula is C21H23ClN2O3S. The molecule has 1 saturated heterocycles. The fraction of sp³-hybridized carbons (Fsp3) is 0.286. The number of sulfonamides is 1. The molecule has 1 aliphatic rings. The van der Waals surface area contributed by atoms with E-state index in [9.17, 15) is 13.2 Å². The molecule has 5 nitrogen and oxygen atoms in total. The second-order valence-corrected chi connectivity index (χ2v) is 9.03. The van der Waals surface area contributed by atoms with Crippen molar-refractivity contribution in [3.63, 3.8) is 0 Å². The van der Waals surface area contributed by atoms with Crippen molar-refractivity contribution in [1.82, 2.24) is 4.31 Å². The minimum absolute atomic E-state index is 0.249. The number of carbonyl (C=O) groups is 1. The molecule has 1 amide bonds. The van der Waals surface area contributed by atoms with E-state index >= 15 is 0 Å². The van der Waals surface area contributed by atoms with Gasteiger partial charge in [-0.2, -0.15) is 4.31 Å². The third kappa shape index (κ3) is 5.22. The molecule has 0 aliphatic carbocycles. The van der Waals surface area contributed by atoms with Gasteiger partial charge in [-0.05, 0) is 54.8 Å². The third-order valence-electron chi connectivity index (χ3n) is 4.64. The number of halogens is 1. The molecule has 0 saturated carbocycles. The maximum absolute atomic E-state index is 12.8. The minimum Gasteiger partial charge on any atom is -0.323 e. The van der Waals surface area contributed by atoms with Crippen molar-refractivity contribution in [3.8, 4) is 0 Å². The van der Waals surface area contributed by atoms with Crippen LogP contribution in [0.5, 0.6) is 0 Å². The van der Waals surface area contributed by atoms with Crippen molar-refractivity contribution in [1.29, 1.82) is 0 Å². The van der Waals surface area contributed by atoms with Gasteiger partial charge in [-0.15, -0.1) is 0 Å². The Labute approximate surface area is 171 Å². The van der Waals surface area contributed by atoms with E-state index < -0.39 is 10.0 Å². The lowest BCUT2D eigenvalue weighted by atomic mass is 10.2. The molecule has 3 rings (SSSR count). The molecule has 1 heterocycles. The summed E-state index contributed by atoms with van der Waals surface area (Å²) in [4.78, 5) is 12.3. The first kappa shape index (κ1) is 20.6. The Morgan fingerprint density at radius 2 is 1.61 bits per heavy atom. The van der Waals surface area contributed by atoms with Gasteiger partial charge in [-0.25, -0.2) is 8.42 Å². The highest BCUT2D eigenvalue weighted by molar-refractivity contribution is 7.89. The van der Waals surface area contributed by atoms with Crippen LogP contribution < -0.4 is 5.32 Å². The van der Waals surface area contributed by atoms with Crippen molar-refractivity contribution in [2.45, 2.75) is 30.6 Å². The Hall–Kier alpha value is -2.15. The molecule has 0 unspecified atom stereocenters. The molecule has 0 aromatic heterocycles. The van der Waals surface area contributed by atoms with Crippen LogP contribution in [0.25, 0.3) is 6.08 Å². The summed E-state index contributed by atoms with van der Waals surface area (Å²) in [6, 6.07) is 13.5. The number of hydrogen-bond donors (Lipinski definition) is 1. The maximum atomic E-state index is 12.8. The molecule has 0 bridgehead atoms. The van der Waals surface area contributed by atoms with E-state index in [4.69, 9.17) is 11.6 Å². The average molecular weight is 419 g/mol. The van der Waals surface area contributed by atoms with Gasteiger partial charge >= 0.3 is 0 Å². The van der Waals surface area contributed by atoms with Gasteiger partial charge in [0, 0.05) is 29.9 Å². The van der Waals surface area contributed by atoms with Gasteiger partial charge in [0.05, 0.1) is 4.90 Å². The minimum atomic E-state index is -3.49. The van der Waals surface area contributed by atoms with Gasteiger partial charge in [0.1, 0.15) is 0 Å². The quantitative estimate of drug-likeness (QED) is 0.724. The second-order valence-electron chi connectivity index (χ2n) is 6.69. The highest BCUT2D eigenvalue weighted by Crippen LogP contribution is 2.22. The summed E-state index contributed by atoms with van der Waals surface area (Å²) in [5, 5.41) is 3.29. The smallest absolute Gasteiger partial charge is 0.248 e. The zero-order chi connectivity index (χ0) is 20.0. The number of carbonyl (C=O) groups excluding carboxylic acids is 1. The van der Waals surface area contributed by atoms with Gasteiger partial charge < -0.3 is 5.32 Å². The normalized spacial score (nSPS) is 16.0. The van der Waals surface area contributed by atoms with Crippen molar-refractivity contribution >= 4 is 39.3 Å². The van der Waals surface area contributed by atoms with Crippen LogP contribution in [0.15, 0.2) is 59.5 Å². The molecule has 148 valence electrons. The number of amides is 1. The van der Waals surface area contributed by atoms with Crippen molar-refractivity contribution in [3.05, 3.63) is 65.2 Å².